The summed E-state index contributed by atoms with van der Waals surface area (Å²) >= 11 is 1.45. The number of nitrogens with zero attached hydrogens (tertiary/aromatic N) is 1. The van der Waals surface area contributed by atoms with Crippen molar-refractivity contribution in [3.63, 3.8) is 0 Å². The van der Waals surface area contributed by atoms with Gasteiger partial charge in [0.25, 0.3) is 5.91 Å². The van der Waals surface area contributed by atoms with Crippen LogP contribution in [0.25, 0.3) is 0 Å². The van der Waals surface area contributed by atoms with Crippen molar-refractivity contribution in [1.82, 2.24) is 10.3 Å². The molecule has 2 rings (SSSR count). The fourth-order valence-corrected chi connectivity index (χ4v) is 3.32. The lowest BCUT2D eigenvalue weighted by Crippen LogP contribution is -2.34. The Labute approximate surface area is 141 Å². The third kappa shape index (κ3) is 5.15. The van der Waals surface area contributed by atoms with Crippen molar-refractivity contribution in [1.29, 1.82) is 0 Å². The van der Waals surface area contributed by atoms with Crippen LogP contribution in [0.1, 0.15) is 46.2 Å². The average Bonchev–Trinajstić information content (AvgIpc) is 2.86. The van der Waals surface area contributed by atoms with E-state index in [0.29, 0.717) is 17.8 Å². The minimum absolute atomic E-state index is 0.0784. The molecule has 1 amide bonds. The molecule has 124 valence electrons. The summed E-state index contributed by atoms with van der Waals surface area (Å²) in [5, 5.41) is 13.0. The molecular weight excluding hydrogens is 308 g/mol. The first-order chi connectivity index (χ1) is 10.9. The zero-order valence-corrected chi connectivity index (χ0v) is 14.7. The Kier molecular flexibility index (Phi) is 5.91. The van der Waals surface area contributed by atoms with Gasteiger partial charge in [0.2, 0.25) is 0 Å². The lowest BCUT2D eigenvalue weighted by atomic mass is 9.90. The number of amides is 1. The Balaban J connectivity index is 2.01. The molecule has 0 aliphatic rings. The number of aromatic nitrogens is 1. The highest BCUT2D eigenvalue weighted by atomic mass is 32.1. The van der Waals surface area contributed by atoms with Crippen LogP contribution < -0.4 is 5.32 Å². The summed E-state index contributed by atoms with van der Waals surface area (Å²) in [6.07, 6.45) is 1.41. The van der Waals surface area contributed by atoms with Crippen molar-refractivity contribution in [3.05, 3.63) is 51.5 Å². The molecule has 1 aromatic carbocycles. The lowest BCUT2D eigenvalue weighted by Gasteiger charge is -2.23. The van der Waals surface area contributed by atoms with Crippen LogP contribution in [0.4, 0.5) is 0 Å². The van der Waals surface area contributed by atoms with Crippen molar-refractivity contribution < 1.29 is 9.90 Å². The van der Waals surface area contributed by atoms with Gasteiger partial charge in [0.05, 0.1) is 10.7 Å². The molecule has 0 atom stereocenters. The molecule has 0 saturated heterocycles. The number of benzene rings is 1. The maximum Gasteiger partial charge on any atom is 0.263 e. The Hall–Kier alpha value is -1.72. The standard InChI is InChI=1S/C18H24N2O2S/c1-13-16(17(22)19-12-18(2,3)9-10-21)23-15(20-13)11-14-7-5-4-6-8-14/h4-8,21H,9-12H2,1-3H3,(H,19,22). The van der Waals surface area contributed by atoms with E-state index >= 15 is 0 Å². The van der Waals surface area contributed by atoms with E-state index in [4.69, 9.17) is 5.11 Å². The predicted molar refractivity (Wildman–Crippen MR) is 93.9 cm³/mol. The fourth-order valence-electron chi connectivity index (χ4n) is 2.30. The molecule has 0 unspecified atom stereocenters. The van der Waals surface area contributed by atoms with E-state index in [2.05, 4.69) is 22.4 Å². The summed E-state index contributed by atoms with van der Waals surface area (Å²) < 4.78 is 0. The number of hydrogen-bond acceptors (Lipinski definition) is 4. The minimum Gasteiger partial charge on any atom is -0.396 e. The summed E-state index contributed by atoms with van der Waals surface area (Å²) in [6.45, 7) is 6.61. The molecule has 0 aliphatic carbocycles. The van der Waals surface area contributed by atoms with Crippen LogP contribution in [0.2, 0.25) is 0 Å². The normalized spacial score (nSPS) is 11.5. The number of rotatable bonds is 7. The molecule has 0 spiro atoms. The first-order valence-corrected chi connectivity index (χ1v) is 8.62. The van der Waals surface area contributed by atoms with E-state index in [1.165, 1.54) is 16.9 Å². The second-order valence-electron chi connectivity index (χ2n) is 6.51. The molecule has 1 aromatic heterocycles. The number of aliphatic hydroxyl groups is 1. The van der Waals surface area contributed by atoms with E-state index in [1.54, 1.807) is 0 Å². The Morgan fingerprint density at radius 3 is 2.65 bits per heavy atom. The van der Waals surface area contributed by atoms with Gasteiger partial charge in [0.1, 0.15) is 4.88 Å². The van der Waals surface area contributed by atoms with E-state index < -0.39 is 0 Å². The highest BCUT2D eigenvalue weighted by Gasteiger charge is 2.21. The quantitative estimate of drug-likeness (QED) is 0.818. The predicted octanol–water partition coefficient (Wildman–Crippen LogP) is 3.18. The topological polar surface area (TPSA) is 62.2 Å². The van der Waals surface area contributed by atoms with Crippen LogP contribution in [0.5, 0.6) is 0 Å². The van der Waals surface area contributed by atoms with Gasteiger partial charge in [-0.05, 0) is 24.3 Å². The van der Waals surface area contributed by atoms with Gasteiger partial charge >= 0.3 is 0 Å². The molecule has 5 heteroatoms. The molecule has 23 heavy (non-hydrogen) atoms. The van der Waals surface area contributed by atoms with Crippen molar-refractivity contribution in [2.45, 2.75) is 33.6 Å². The van der Waals surface area contributed by atoms with E-state index in [1.807, 2.05) is 39.0 Å². The Morgan fingerprint density at radius 2 is 2.00 bits per heavy atom. The summed E-state index contributed by atoms with van der Waals surface area (Å²) in [7, 11) is 0. The van der Waals surface area contributed by atoms with Crippen LogP contribution in [-0.2, 0) is 6.42 Å². The smallest absolute Gasteiger partial charge is 0.263 e. The Morgan fingerprint density at radius 1 is 1.30 bits per heavy atom. The summed E-state index contributed by atoms with van der Waals surface area (Å²) in [5.74, 6) is -0.0784. The van der Waals surface area contributed by atoms with Gasteiger partial charge in [0, 0.05) is 19.6 Å². The van der Waals surface area contributed by atoms with E-state index in [0.717, 1.165) is 17.1 Å². The number of aryl methyl sites for hydroxylation is 1. The number of carbonyl (C=O) groups excluding carboxylic acids is 1. The van der Waals surface area contributed by atoms with Gasteiger partial charge in [-0.2, -0.15) is 0 Å². The van der Waals surface area contributed by atoms with Gasteiger partial charge < -0.3 is 10.4 Å². The first-order valence-electron chi connectivity index (χ1n) is 7.80. The van der Waals surface area contributed by atoms with Crippen LogP contribution >= 0.6 is 11.3 Å². The van der Waals surface area contributed by atoms with Crippen molar-refractivity contribution in [2.75, 3.05) is 13.2 Å². The molecular formula is C18H24N2O2S. The summed E-state index contributed by atoms with van der Waals surface area (Å²) in [5.41, 5.74) is 1.85. The fraction of sp³-hybridized carbons (Fsp3) is 0.444. The highest BCUT2D eigenvalue weighted by molar-refractivity contribution is 7.13. The van der Waals surface area contributed by atoms with Gasteiger partial charge in [-0.1, -0.05) is 44.2 Å². The van der Waals surface area contributed by atoms with Gasteiger partial charge in [0.15, 0.2) is 0 Å². The van der Waals surface area contributed by atoms with E-state index in [-0.39, 0.29) is 17.9 Å². The SMILES string of the molecule is Cc1nc(Cc2ccccc2)sc1C(=O)NCC(C)(C)CCO. The molecule has 0 saturated carbocycles. The molecule has 0 aliphatic heterocycles. The number of nitrogens with one attached hydrogen (secondary N) is 1. The number of hydrogen-bond donors (Lipinski definition) is 2. The second-order valence-corrected chi connectivity index (χ2v) is 7.59. The zero-order valence-electron chi connectivity index (χ0n) is 13.9. The van der Waals surface area contributed by atoms with Gasteiger partial charge in [-0.15, -0.1) is 11.3 Å². The van der Waals surface area contributed by atoms with Crippen LogP contribution in [0, 0.1) is 12.3 Å². The minimum atomic E-state index is -0.115. The lowest BCUT2D eigenvalue weighted by molar-refractivity contribution is 0.0931. The average molecular weight is 332 g/mol. The van der Waals surface area contributed by atoms with E-state index in [9.17, 15) is 4.79 Å². The number of thiazole rings is 1. The number of carbonyl (C=O) groups is 1. The first kappa shape index (κ1) is 17.6. The molecule has 2 aromatic rings. The van der Waals surface area contributed by atoms with Crippen LogP contribution in [-0.4, -0.2) is 29.1 Å². The van der Waals surface area contributed by atoms with Crippen molar-refractivity contribution in [2.24, 2.45) is 5.41 Å². The highest BCUT2D eigenvalue weighted by Crippen LogP contribution is 2.22. The van der Waals surface area contributed by atoms with Crippen LogP contribution in [0.3, 0.4) is 0 Å². The third-order valence-corrected chi connectivity index (χ3v) is 4.92. The van der Waals surface area contributed by atoms with Gasteiger partial charge in [-0.25, -0.2) is 4.98 Å². The molecule has 1 heterocycles. The number of aliphatic hydroxyl groups excluding tert-OH is 1. The third-order valence-electron chi connectivity index (χ3n) is 3.76. The molecule has 0 radical (unpaired) electrons. The largest absolute Gasteiger partial charge is 0.396 e. The summed E-state index contributed by atoms with van der Waals surface area (Å²) in [6, 6.07) is 10.1. The maximum absolute atomic E-state index is 12.4. The molecule has 4 nitrogen and oxygen atoms in total. The van der Waals surface area contributed by atoms with Crippen molar-refractivity contribution >= 4 is 17.2 Å². The summed E-state index contributed by atoms with van der Waals surface area (Å²) in [4.78, 5) is 17.6. The zero-order chi connectivity index (χ0) is 16.9. The monoisotopic (exact) mass is 332 g/mol. The second kappa shape index (κ2) is 7.70. The molecule has 2 N–H and O–H groups in total. The van der Waals surface area contributed by atoms with Crippen molar-refractivity contribution in [3.8, 4) is 0 Å². The molecule has 0 fully saturated rings. The van der Waals surface area contributed by atoms with Gasteiger partial charge in [-0.3, -0.25) is 4.79 Å². The maximum atomic E-state index is 12.4. The Bertz CT molecular complexity index is 650. The van der Waals surface area contributed by atoms with Crippen LogP contribution in [0.15, 0.2) is 30.3 Å². The molecule has 0 bridgehead atoms.